The summed E-state index contributed by atoms with van der Waals surface area (Å²) in [5, 5.41) is 9.18. The van der Waals surface area contributed by atoms with Crippen molar-refractivity contribution in [1.82, 2.24) is 4.90 Å². The van der Waals surface area contributed by atoms with Crippen molar-refractivity contribution in [3.8, 4) is 0 Å². The maximum Gasteiger partial charge on any atom is 0.154 e. The van der Waals surface area contributed by atoms with E-state index in [0.29, 0.717) is 6.61 Å². The lowest BCUT2D eigenvalue weighted by Gasteiger charge is -2.12. The minimum absolute atomic E-state index is 0.558. The summed E-state index contributed by atoms with van der Waals surface area (Å²) in [5.41, 5.74) is 0. The quantitative estimate of drug-likeness (QED) is 0.464. The minimum atomic E-state index is -0.558. The smallest absolute Gasteiger partial charge is 0.154 e. The molecule has 0 amide bonds. The summed E-state index contributed by atoms with van der Waals surface area (Å²) in [7, 11) is 4.06. The van der Waals surface area contributed by atoms with E-state index in [1.807, 2.05) is 21.0 Å². The van der Waals surface area contributed by atoms with Crippen LogP contribution in [0, 0.1) is 0 Å². The molecule has 0 bridgehead atoms. The van der Waals surface area contributed by atoms with E-state index in [1.54, 1.807) is 0 Å². The van der Waals surface area contributed by atoms with Crippen LogP contribution in [0.4, 0.5) is 0 Å². The second-order valence-corrected chi connectivity index (χ2v) is 3.27. The molecule has 0 aromatic heterocycles. The monoisotopic (exact) mass is 175 g/mol. The largest absolute Gasteiger partial charge is 0.368 e. The summed E-state index contributed by atoms with van der Waals surface area (Å²) >= 11 is 0. The molecule has 0 aromatic carbocycles. The van der Waals surface area contributed by atoms with Gasteiger partial charge in [0.2, 0.25) is 0 Å². The maximum atomic E-state index is 9.18. The topological polar surface area (TPSA) is 32.7 Å². The Labute approximate surface area is 75.3 Å². The predicted octanol–water partition coefficient (Wildman–Crippen LogP) is 1.07. The van der Waals surface area contributed by atoms with Crippen LogP contribution in [0.5, 0.6) is 0 Å². The zero-order valence-electron chi connectivity index (χ0n) is 8.42. The zero-order valence-corrected chi connectivity index (χ0v) is 8.42. The Hall–Kier alpha value is -0.120. The molecule has 0 aliphatic carbocycles. The molecule has 3 heteroatoms. The molecule has 3 nitrogen and oxygen atoms in total. The van der Waals surface area contributed by atoms with Crippen molar-refractivity contribution in [2.45, 2.75) is 32.5 Å². The lowest BCUT2D eigenvalue weighted by atomic mass is 10.3. The molecule has 0 heterocycles. The molecule has 0 spiro atoms. The number of hydrogen-bond donors (Lipinski definition) is 1. The third-order valence-electron chi connectivity index (χ3n) is 1.60. The second kappa shape index (κ2) is 7.53. The van der Waals surface area contributed by atoms with Gasteiger partial charge in [-0.05, 0) is 33.5 Å². The summed E-state index contributed by atoms with van der Waals surface area (Å²) in [6, 6.07) is 0. The number of hydrogen-bond acceptors (Lipinski definition) is 3. The highest BCUT2D eigenvalue weighted by molar-refractivity contribution is 4.44. The predicted molar refractivity (Wildman–Crippen MR) is 50.0 cm³/mol. The zero-order chi connectivity index (χ0) is 9.40. The Bertz CT molecular complexity index is 96.5. The van der Waals surface area contributed by atoms with Gasteiger partial charge in [0.25, 0.3) is 0 Å². The van der Waals surface area contributed by atoms with Crippen LogP contribution in [0.15, 0.2) is 0 Å². The van der Waals surface area contributed by atoms with Gasteiger partial charge in [0.05, 0.1) is 6.61 Å². The van der Waals surface area contributed by atoms with Crippen molar-refractivity contribution in [2.75, 3.05) is 27.2 Å². The molecular formula is C9H21NO2. The van der Waals surface area contributed by atoms with E-state index >= 15 is 0 Å². The van der Waals surface area contributed by atoms with E-state index in [2.05, 4.69) is 4.90 Å². The van der Waals surface area contributed by atoms with Crippen LogP contribution in [-0.4, -0.2) is 43.5 Å². The fourth-order valence-electron chi connectivity index (χ4n) is 0.930. The lowest BCUT2D eigenvalue weighted by molar-refractivity contribution is -0.104. The Morgan fingerprint density at radius 1 is 1.42 bits per heavy atom. The summed E-state index contributed by atoms with van der Waals surface area (Å²) in [4.78, 5) is 2.11. The third-order valence-corrected chi connectivity index (χ3v) is 1.60. The molecule has 1 atom stereocenters. The molecule has 74 valence electrons. The van der Waals surface area contributed by atoms with Gasteiger partial charge in [-0.3, -0.25) is 0 Å². The van der Waals surface area contributed by atoms with Gasteiger partial charge in [-0.25, -0.2) is 0 Å². The normalized spacial score (nSPS) is 13.8. The standard InChI is InChI=1S/C9H21NO2/c1-4-6-9(11)12-8-5-7-10(2)3/h9,11H,4-8H2,1-3H3. The van der Waals surface area contributed by atoms with E-state index < -0.39 is 6.29 Å². The van der Waals surface area contributed by atoms with Crippen LogP contribution >= 0.6 is 0 Å². The maximum absolute atomic E-state index is 9.18. The van der Waals surface area contributed by atoms with Crippen LogP contribution in [0.1, 0.15) is 26.2 Å². The molecule has 0 saturated heterocycles. The van der Waals surface area contributed by atoms with Crippen molar-refractivity contribution in [3.05, 3.63) is 0 Å². The van der Waals surface area contributed by atoms with Gasteiger partial charge in [-0.2, -0.15) is 0 Å². The van der Waals surface area contributed by atoms with Gasteiger partial charge < -0.3 is 14.7 Å². The van der Waals surface area contributed by atoms with Crippen molar-refractivity contribution in [1.29, 1.82) is 0 Å². The first-order chi connectivity index (χ1) is 5.66. The molecule has 0 fully saturated rings. The van der Waals surface area contributed by atoms with Crippen molar-refractivity contribution >= 4 is 0 Å². The highest BCUT2D eigenvalue weighted by Crippen LogP contribution is 1.98. The first-order valence-electron chi connectivity index (χ1n) is 4.61. The molecule has 0 aliphatic heterocycles. The van der Waals surface area contributed by atoms with Crippen LogP contribution in [0.3, 0.4) is 0 Å². The fourth-order valence-corrected chi connectivity index (χ4v) is 0.930. The summed E-state index contributed by atoms with van der Waals surface area (Å²) in [5.74, 6) is 0. The van der Waals surface area contributed by atoms with Gasteiger partial charge in [-0.1, -0.05) is 13.3 Å². The molecule has 1 N–H and O–H groups in total. The molecule has 1 unspecified atom stereocenters. The first kappa shape index (κ1) is 11.9. The highest BCUT2D eigenvalue weighted by atomic mass is 16.6. The SMILES string of the molecule is CCCC(O)OCCCN(C)C. The van der Waals surface area contributed by atoms with E-state index in [-0.39, 0.29) is 0 Å². The van der Waals surface area contributed by atoms with Gasteiger partial charge >= 0.3 is 0 Å². The number of aliphatic hydroxyl groups excluding tert-OH is 1. The third kappa shape index (κ3) is 7.98. The van der Waals surface area contributed by atoms with Gasteiger partial charge in [0.15, 0.2) is 6.29 Å². The Kier molecular flexibility index (Phi) is 7.45. The van der Waals surface area contributed by atoms with Crippen LogP contribution in [-0.2, 0) is 4.74 Å². The van der Waals surface area contributed by atoms with Crippen LogP contribution in [0.25, 0.3) is 0 Å². The number of nitrogens with zero attached hydrogens (tertiary/aromatic N) is 1. The van der Waals surface area contributed by atoms with Crippen molar-refractivity contribution < 1.29 is 9.84 Å². The average molecular weight is 175 g/mol. The fraction of sp³-hybridized carbons (Fsp3) is 1.00. The van der Waals surface area contributed by atoms with Gasteiger partial charge in [0, 0.05) is 0 Å². The van der Waals surface area contributed by atoms with E-state index in [0.717, 1.165) is 25.8 Å². The summed E-state index contributed by atoms with van der Waals surface area (Å²) in [6.45, 7) is 3.70. The van der Waals surface area contributed by atoms with Crippen LogP contribution < -0.4 is 0 Å². The second-order valence-electron chi connectivity index (χ2n) is 3.27. The number of ether oxygens (including phenoxy) is 1. The Morgan fingerprint density at radius 2 is 2.08 bits per heavy atom. The summed E-state index contributed by atoms with van der Waals surface area (Å²) in [6.07, 6.45) is 2.13. The molecule has 0 rings (SSSR count). The van der Waals surface area contributed by atoms with Crippen molar-refractivity contribution in [3.63, 3.8) is 0 Å². The molecule has 0 aliphatic rings. The van der Waals surface area contributed by atoms with Crippen LogP contribution in [0.2, 0.25) is 0 Å². The molecule has 0 saturated carbocycles. The Balaban J connectivity index is 3.08. The molecular weight excluding hydrogens is 154 g/mol. The molecule has 12 heavy (non-hydrogen) atoms. The van der Waals surface area contributed by atoms with Crippen molar-refractivity contribution in [2.24, 2.45) is 0 Å². The number of aliphatic hydroxyl groups is 1. The average Bonchev–Trinajstić information content (AvgIpc) is 1.98. The minimum Gasteiger partial charge on any atom is -0.368 e. The lowest BCUT2D eigenvalue weighted by Crippen LogP contribution is -2.18. The van der Waals surface area contributed by atoms with E-state index in [9.17, 15) is 5.11 Å². The van der Waals surface area contributed by atoms with Gasteiger partial charge in [0.1, 0.15) is 0 Å². The first-order valence-corrected chi connectivity index (χ1v) is 4.61. The van der Waals surface area contributed by atoms with E-state index in [4.69, 9.17) is 4.74 Å². The summed E-state index contributed by atoms with van der Waals surface area (Å²) < 4.78 is 5.16. The molecule has 0 radical (unpaired) electrons. The highest BCUT2D eigenvalue weighted by Gasteiger charge is 2.00. The van der Waals surface area contributed by atoms with Gasteiger partial charge in [-0.15, -0.1) is 0 Å². The Morgan fingerprint density at radius 3 is 2.58 bits per heavy atom. The molecule has 0 aromatic rings. The van der Waals surface area contributed by atoms with E-state index in [1.165, 1.54) is 0 Å². The number of rotatable bonds is 7.